The minimum absolute atomic E-state index is 0. The first kappa shape index (κ1) is 27.3. The van der Waals surface area contributed by atoms with Crippen molar-refractivity contribution in [1.82, 2.24) is 15.5 Å². The van der Waals surface area contributed by atoms with Crippen molar-refractivity contribution in [2.24, 2.45) is 11.8 Å². The third-order valence-electron chi connectivity index (χ3n) is 8.13. The molecule has 0 aromatic heterocycles. The molecule has 2 heterocycles. The Kier molecular flexibility index (Phi) is 8.73. The zero-order valence-corrected chi connectivity index (χ0v) is 22.1. The van der Waals surface area contributed by atoms with Crippen molar-refractivity contribution in [3.63, 3.8) is 0 Å². The molecule has 0 spiro atoms. The van der Waals surface area contributed by atoms with Crippen LogP contribution in [-0.2, 0) is 23.2 Å². The molecule has 0 unspecified atom stereocenters. The van der Waals surface area contributed by atoms with Crippen LogP contribution < -0.4 is 10.6 Å². The second-order valence-corrected chi connectivity index (χ2v) is 10.8. The molecule has 35 heavy (non-hydrogen) atoms. The topological polar surface area (TPSA) is 84.8 Å². The van der Waals surface area contributed by atoms with Gasteiger partial charge in [0.15, 0.2) is 0 Å². The Morgan fingerprint density at radius 3 is 2.60 bits per heavy atom. The number of nitrogens with zero attached hydrogens (tertiary/aromatic N) is 1. The highest BCUT2D eigenvalue weighted by Crippen LogP contribution is 2.40. The zero-order chi connectivity index (χ0) is 24.5. The summed E-state index contributed by atoms with van der Waals surface area (Å²) in [6.45, 7) is 12.3. The van der Waals surface area contributed by atoms with E-state index in [1.54, 1.807) is 18.2 Å². The molecule has 2 aromatic carbocycles. The molecule has 4 N–H and O–H groups in total. The summed E-state index contributed by atoms with van der Waals surface area (Å²) in [5, 5.41) is 26.3. The van der Waals surface area contributed by atoms with Crippen LogP contribution in [0.25, 0.3) is 0 Å². The number of hydrogen-bond acceptors (Lipinski definition) is 5. The lowest BCUT2D eigenvalue weighted by Crippen LogP contribution is -2.56. The number of benzene rings is 2. The fraction of sp³-hybridized carbons (Fsp3) is 0.536. The lowest BCUT2D eigenvalue weighted by Gasteiger charge is -2.46. The number of carbonyl (C=O) groups excluding carboxylic acids is 1. The van der Waals surface area contributed by atoms with Crippen LogP contribution in [0.3, 0.4) is 0 Å². The molecule has 1 fully saturated rings. The number of fused-ring (bicyclic) bond motifs is 1. The summed E-state index contributed by atoms with van der Waals surface area (Å²) in [6.07, 6.45) is 1.65. The van der Waals surface area contributed by atoms with Crippen LogP contribution in [0.2, 0.25) is 0 Å². The van der Waals surface area contributed by atoms with Crippen LogP contribution in [-0.4, -0.2) is 52.7 Å². The number of halogens is 1. The monoisotopic (exact) mass is 501 g/mol. The molecule has 2 aliphatic heterocycles. The number of aromatic hydroxyl groups is 2. The minimum Gasteiger partial charge on any atom is -0.508 e. The second-order valence-electron chi connectivity index (χ2n) is 10.8. The van der Waals surface area contributed by atoms with Crippen molar-refractivity contribution >= 4 is 18.3 Å². The van der Waals surface area contributed by atoms with E-state index in [2.05, 4.69) is 49.3 Å². The molecule has 0 saturated carbocycles. The Morgan fingerprint density at radius 2 is 1.91 bits per heavy atom. The maximum atomic E-state index is 13.2. The van der Waals surface area contributed by atoms with E-state index >= 15 is 0 Å². The maximum absolute atomic E-state index is 13.2. The average molecular weight is 502 g/mol. The van der Waals surface area contributed by atoms with Crippen molar-refractivity contribution in [2.45, 2.75) is 64.6 Å². The van der Waals surface area contributed by atoms with Gasteiger partial charge in [0.25, 0.3) is 0 Å². The van der Waals surface area contributed by atoms with E-state index in [0.29, 0.717) is 30.6 Å². The number of piperidine rings is 1. The van der Waals surface area contributed by atoms with Gasteiger partial charge in [-0.25, -0.2) is 0 Å². The third kappa shape index (κ3) is 6.11. The van der Waals surface area contributed by atoms with Crippen LogP contribution in [0.4, 0.5) is 0 Å². The molecule has 1 saturated heterocycles. The third-order valence-corrected chi connectivity index (χ3v) is 8.13. The molecular formula is C28H40ClN3O3. The second kappa shape index (κ2) is 11.2. The normalized spacial score (nSPS) is 25.4. The summed E-state index contributed by atoms with van der Waals surface area (Å²) >= 11 is 0. The highest BCUT2D eigenvalue weighted by atomic mass is 35.5. The van der Waals surface area contributed by atoms with Crippen molar-refractivity contribution in [3.8, 4) is 11.5 Å². The molecule has 1 amide bonds. The molecule has 2 aromatic rings. The van der Waals surface area contributed by atoms with Gasteiger partial charge in [-0.2, -0.15) is 0 Å². The summed E-state index contributed by atoms with van der Waals surface area (Å²) < 4.78 is 0. The first-order chi connectivity index (χ1) is 16.2. The van der Waals surface area contributed by atoms with Gasteiger partial charge >= 0.3 is 0 Å². The van der Waals surface area contributed by atoms with E-state index in [-0.39, 0.29) is 41.6 Å². The van der Waals surface area contributed by atoms with Crippen molar-refractivity contribution in [3.05, 3.63) is 59.2 Å². The van der Waals surface area contributed by atoms with Gasteiger partial charge < -0.3 is 25.7 Å². The fourth-order valence-electron chi connectivity index (χ4n) is 5.44. The predicted molar refractivity (Wildman–Crippen MR) is 142 cm³/mol. The van der Waals surface area contributed by atoms with E-state index in [9.17, 15) is 15.0 Å². The summed E-state index contributed by atoms with van der Waals surface area (Å²) in [5.74, 6) is 1.39. The Labute approximate surface area is 215 Å². The zero-order valence-electron chi connectivity index (χ0n) is 21.3. The van der Waals surface area contributed by atoms with Gasteiger partial charge in [0.2, 0.25) is 5.91 Å². The summed E-state index contributed by atoms with van der Waals surface area (Å²) in [4.78, 5) is 15.6. The quantitative estimate of drug-likeness (QED) is 0.481. The van der Waals surface area contributed by atoms with Gasteiger partial charge in [-0.15, -0.1) is 12.4 Å². The highest BCUT2D eigenvalue weighted by Gasteiger charge is 2.39. The van der Waals surface area contributed by atoms with E-state index in [0.717, 1.165) is 37.2 Å². The Balaban J connectivity index is 0.00000342. The number of phenolic OH excluding ortho intramolecular Hbond substituents is 2. The molecule has 4 rings (SSSR count). The van der Waals surface area contributed by atoms with Crippen molar-refractivity contribution in [2.75, 3.05) is 19.6 Å². The van der Waals surface area contributed by atoms with Gasteiger partial charge in [-0.05, 0) is 77.6 Å². The van der Waals surface area contributed by atoms with Gasteiger partial charge in [0, 0.05) is 25.7 Å². The van der Waals surface area contributed by atoms with E-state index < -0.39 is 0 Å². The number of amides is 1. The molecule has 7 heteroatoms. The number of phenols is 2. The fourth-order valence-corrected chi connectivity index (χ4v) is 5.44. The molecule has 0 bridgehead atoms. The summed E-state index contributed by atoms with van der Waals surface area (Å²) in [6, 6.07) is 12.9. The standard InChI is InChI=1S/C28H39N3O3.ClH/c1-18(2)26(30-27(34)25-13-20-8-9-24(33)12-21(20)15-29-25)17-31-11-10-28(4,19(3)16-31)22-6-5-7-23(32)14-22;/h5-9,12,14,18-19,25-26,29,32-33H,10-11,13,15-17H2,1-4H3,(H,30,34);1H/t19-,25+,26+,28+;/m0./s1. The highest BCUT2D eigenvalue weighted by molar-refractivity contribution is 5.85. The molecule has 4 atom stereocenters. The van der Waals surface area contributed by atoms with Gasteiger partial charge in [0.1, 0.15) is 11.5 Å². The summed E-state index contributed by atoms with van der Waals surface area (Å²) in [5.41, 5.74) is 3.40. The van der Waals surface area contributed by atoms with E-state index in [1.807, 2.05) is 18.2 Å². The smallest absolute Gasteiger partial charge is 0.237 e. The predicted octanol–water partition coefficient (Wildman–Crippen LogP) is 3.97. The number of nitrogens with one attached hydrogen (secondary N) is 2. The largest absolute Gasteiger partial charge is 0.508 e. The van der Waals surface area contributed by atoms with Crippen molar-refractivity contribution in [1.29, 1.82) is 0 Å². The van der Waals surface area contributed by atoms with Crippen LogP contribution in [0.1, 0.15) is 50.8 Å². The van der Waals surface area contributed by atoms with E-state index in [4.69, 9.17) is 0 Å². The van der Waals surface area contributed by atoms with Gasteiger partial charge in [0.05, 0.1) is 6.04 Å². The first-order valence-electron chi connectivity index (χ1n) is 12.5. The maximum Gasteiger partial charge on any atom is 0.237 e. The molecule has 2 aliphatic rings. The van der Waals surface area contributed by atoms with Crippen LogP contribution >= 0.6 is 12.4 Å². The van der Waals surface area contributed by atoms with Crippen LogP contribution in [0.15, 0.2) is 42.5 Å². The molecule has 192 valence electrons. The number of carbonyl (C=O) groups is 1. The Morgan fingerprint density at radius 1 is 1.17 bits per heavy atom. The number of rotatable bonds is 6. The first-order valence-corrected chi connectivity index (χ1v) is 12.5. The molecule has 6 nitrogen and oxygen atoms in total. The van der Waals surface area contributed by atoms with Gasteiger partial charge in [-0.3, -0.25) is 4.79 Å². The number of hydrogen-bond donors (Lipinski definition) is 4. The molecule has 0 radical (unpaired) electrons. The lowest BCUT2D eigenvalue weighted by atomic mass is 9.68. The SMILES string of the molecule is CC(C)[C@@H](CN1CC[C@@](C)(c2cccc(O)c2)[C@@H](C)C1)NC(=O)[C@H]1Cc2ccc(O)cc2CN1.Cl. The molecular weight excluding hydrogens is 462 g/mol. The Hall–Kier alpha value is -2.28. The Bertz CT molecular complexity index is 1030. The molecule has 0 aliphatic carbocycles. The summed E-state index contributed by atoms with van der Waals surface area (Å²) in [7, 11) is 0. The van der Waals surface area contributed by atoms with Crippen molar-refractivity contribution < 1.29 is 15.0 Å². The van der Waals surface area contributed by atoms with Gasteiger partial charge in [-0.1, -0.05) is 45.9 Å². The minimum atomic E-state index is -0.257. The van der Waals surface area contributed by atoms with Crippen LogP contribution in [0, 0.1) is 11.8 Å². The number of likely N-dealkylation sites (tertiary alicyclic amines) is 1. The van der Waals surface area contributed by atoms with E-state index in [1.165, 1.54) is 5.56 Å². The average Bonchev–Trinajstić information content (AvgIpc) is 2.80. The lowest BCUT2D eigenvalue weighted by molar-refractivity contribution is -0.124. The van der Waals surface area contributed by atoms with Crippen LogP contribution in [0.5, 0.6) is 11.5 Å².